The lowest BCUT2D eigenvalue weighted by Crippen LogP contribution is -2.18. The largest absolute Gasteiger partial charge is 0.326 e. The van der Waals surface area contributed by atoms with Crippen LogP contribution in [0, 0.1) is 13.8 Å². The number of anilines is 2. The molecule has 2 N–H and O–H groups in total. The van der Waals surface area contributed by atoms with Gasteiger partial charge in [-0.1, -0.05) is 35.3 Å². The number of aryl methyl sites for hydroxylation is 2. The fraction of sp³-hybridized carbons (Fsp3) is 0.188. The molecule has 4 aromatic carbocycles. The summed E-state index contributed by atoms with van der Waals surface area (Å²) < 4.78 is 50.2. The van der Waals surface area contributed by atoms with Gasteiger partial charge in [-0.2, -0.15) is 0 Å². The van der Waals surface area contributed by atoms with Crippen LogP contribution in [0.4, 0.5) is 11.4 Å². The van der Waals surface area contributed by atoms with Crippen LogP contribution in [0.5, 0.6) is 0 Å². The number of amides is 2. The van der Waals surface area contributed by atoms with Crippen LogP contribution in [0.3, 0.4) is 0 Å². The van der Waals surface area contributed by atoms with Crippen LogP contribution in [-0.2, 0) is 29.3 Å². The second kappa shape index (κ2) is 13.9. The highest BCUT2D eigenvalue weighted by atomic mass is 35.5. The Kier molecular flexibility index (Phi) is 10.5. The van der Waals surface area contributed by atoms with Gasteiger partial charge in [-0.15, -0.1) is 0 Å². The number of halogens is 2. The van der Waals surface area contributed by atoms with Crippen molar-refractivity contribution < 1.29 is 26.4 Å². The van der Waals surface area contributed by atoms with Gasteiger partial charge in [0.25, 0.3) is 0 Å². The maximum atomic E-state index is 12.5. The zero-order chi connectivity index (χ0) is 32.1. The van der Waals surface area contributed by atoms with E-state index in [-0.39, 0.29) is 34.1 Å². The lowest BCUT2D eigenvalue weighted by atomic mass is 10.00. The van der Waals surface area contributed by atoms with E-state index >= 15 is 0 Å². The molecule has 0 saturated carbocycles. The monoisotopic (exact) mass is 672 g/mol. The minimum Gasteiger partial charge on any atom is -0.326 e. The zero-order valence-corrected chi connectivity index (χ0v) is 27.1. The van der Waals surface area contributed by atoms with E-state index in [1.165, 1.54) is 48.5 Å². The molecule has 0 aliphatic heterocycles. The summed E-state index contributed by atoms with van der Waals surface area (Å²) in [6, 6.07) is 22.6. The number of sulfone groups is 2. The molecule has 12 heteroatoms. The van der Waals surface area contributed by atoms with Gasteiger partial charge in [0.2, 0.25) is 11.8 Å². The smallest absolute Gasteiger partial charge is 0.225 e. The lowest BCUT2D eigenvalue weighted by molar-refractivity contribution is -0.116. The van der Waals surface area contributed by atoms with Gasteiger partial charge < -0.3 is 10.6 Å². The van der Waals surface area contributed by atoms with Crippen molar-refractivity contribution in [1.82, 2.24) is 0 Å². The second-order valence-electron chi connectivity index (χ2n) is 10.2. The number of nitrogens with one attached hydrogen (secondary N) is 2. The van der Waals surface area contributed by atoms with E-state index < -0.39 is 31.5 Å². The standard InChI is InChI=1S/C32H30Cl2N2O6S2/c1-21-19-23(3-13-29(21)35-31(37)15-17-43(39,40)27-9-5-25(33)6-10-27)24-4-14-30(22(2)20-24)36-32(38)16-18-44(41,42)28-11-7-26(34)8-12-28/h3-14,19-20H,15-18H2,1-2H3,(H,35,37)(H,36,38). The van der Waals surface area contributed by atoms with E-state index in [9.17, 15) is 26.4 Å². The summed E-state index contributed by atoms with van der Waals surface area (Å²) in [5, 5.41) is 6.41. The number of carbonyl (C=O) groups excluding carboxylic acids is 2. The first-order chi connectivity index (χ1) is 20.7. The molecule has 0 spiro atoms. The van der Waals surface area contributed by atoms with Crippen LogP contribution in [0.15, 0.2) is 94.7 Å². The van der Waals surface area contributed by atoms with Crippen molar-refractivity contribution in [2.24, 2.45) is 0 Å². The second-order valence-corrected chi connectivity index (χ2v) is 15.3. The van der Waals surface area contributed by atoms with Gasteiger partial charge >= 0.3 is 0 Å². The van der Waals surface area contributed by atoms with E-state index in [1.54, 1.807) is 12.1 Å². The fourth-order valence-corrected chi connectivity index (χ4v) is 7.10. The summed E-state index contributed by atoms with van der Waals surface area (Å²) in [7, 11) is -7.26. The summed E-state index contributed by atoms with van der Waals surface area (Å²) in [5.74, 6) is -1.51. The van der Waals surface area contributed by atoms with Crippen LogP contribution >= 0.6 is 23.2 Å². The van der Waals surface area contributed by atoms with Crippen LogP contribution in [0.1, 0.15) is 24.0 Å². The first-order valence-corrected chi connectivity index (χ1v) is 17.6. The SMILES string of the molecule is Cc1cc(-c2ccc(NC(=O)CCS(=O)(=O)c3ccc(Cl)cc3)c(C)c2)ccc1NC(=O)CCS(=O)(=O)c1ccc(Cl)cc1. The van der Waals surface area contributed by atoms with Crippen LogP contribution in [0.25, 0.3) is 11.1 Å². The zero-order valence-electron chi connectivity index (χ0n) is 23.9. The van der Waals surface area contributed by atoms with Crippen LogP contribution in [0.2, 0.25) is 10.0 Å². The third-order valence-corrected chi connectivity index (χ3v) is 10.8. The van der Waals surface area contributed by atoms with Crippen molar-refractivity contribution in [2.45, 2.75) is 36.5 Å². The molecule has 0 radical (unpaired) electrons. The Morgan fingerprint density at radius 1 is 0.568 bits per heavy atom. The third kappa shape index (κ3) is 8.69. The fourth-order valence-electron chi connectivity index (χ4n) is 4.37. The molecule has 0 heterocycles. The van der Waals surface area contributed by atoms with Crippen LogP contribution < -0.4 is 10.6 Å². The summed E-state index contributed by atoms with van der Waals surface area (Å²) in [4.78, 5) is 25.3. The van der Waals surface area contributed by atoms with Gasteiger partial charge in [0, 0.05) is 34.3 Å². The first-order valence-electron chi connectivity index (χ1n) is 13.5. The Labute approximate surface area is 267 Å². The molecular weight excluding hydrogens is 643 g/mol. The molecule has 2 amide bonds. The van der Waals surface area contributed by atoms with Crippen LogP contribution in [-0.4, -0.2) is 40.2 Å². The number of hydrogen-bond acceptors (Lipinski definition) is 6. The summed E-state index contributed by atoms with van der Waals surface area (Å²) >= 11 is 11.7. The van der Waals surface area contributed by atoms with Crippen molar-refractivity contribution in [3.05, 3.63) is 106 Å². The van der Waals surface area contributed by atoms with Crippen molar-refractivity contribution in [3.8, 4) is 11.1 Å². The maximum absolute atomic E-state index is 12.5. The quantitative estimate of drug-likeness (QED) is 0.179. The van der Waals surface area contributed by atoms with Gasteiger partial charge in [-0.3, -0.25) is 9.59 Å². The van der Waals surface area contributed by atoms with Crippen molar-refractivity contribution in [2.75, 3.05) is 22.1 Å². The minimum atomic E-state index is -3.63. The van der Waals surface area contributed by atoms with Gasteiger partial charge in [0.15, 0.2) is 19.7 Å². The summed E-state index contributed by atoms with van der Waals surface area (Å²) in [6.07, 6.45) is -0.406. The van der Waals surface area contributed by atoms with E-state index in [2.05, 4.69) is 10.6 Å². The normalized spacial score (nSPS) is 11.6. The third-order valence-electron chi connectivity index (χ3n) is 6.88. The molecule has 0 fully saturated rings. The molecule has 44 heavy (non-hydrogen) atoms. The number of hydrogen-bond donors (Lipinski definition) is 2. The molecule has 4 aromatic rings. The van der Waals surface area contributed by atoms with Gasteiger partial charge in [0.1, 0.15) is 0 Å². The molecule has 230 valence electrons. The van der Waals surface area contributed by atoms with Gasteiger partial charge in [-0.05, 0) is 109 Å². The topological polar surface area (TPSA) is 126 Å². The molecule has 0 aliphatic carbocycles. The molecular formula is C32H30Cl2N2O6S2. The molecule has 0 aromatic heterocycles. The molecule has 0 aliphatic rings. The van der Waals surface area contributed by atoms with E-state index in [4.69, 9.17) is 23.2 Å². The molecule has 0 bridgehead atoms. The van der Waals surface area contributed by atoms with E-state index in [0.717, 1.165) is 22.3 Å². The highest BCUT2D eigenvalue weighted by molar-refractivity contribution is 7.91. The first kappa shape index (κ1) is 33.2. The molecule has 4 rings (SSSR count). The molecule has 8 nitrogen and oxygen atoms in total. The van der Waals surface area contributed by atoms with E-state index in [1.807, 2.05) is 38.1 Å². The van der Waals surface area contributed by atoms with E-state index in [0.29, 0.717) is 21.4 Å². The summed E-state index contributed by atoms with van der Waals surface area (Å²) in [5.41, 5.74) is 4.46. The average molecular weight is 674 g/mol. The van der Waals surface area contributed by atoms with Crippen molar-refractivity contribution >= 4 is 66.1 Å². The minimum absolute atomic E-state index is 0.109. The molecule has 0 saturated heterocycles. The maximum Gasteiger partial charge on any atom is 0.225 e. The number of benzene rings is 4. The average Bonchev–Trinajstić information content (AvgIpc) is 2.98. The number of rotatable bonds is 11. The Bertz CT molecular complexity index is 1770. The Morgan fingerprint density at radius 3 is 1.23 bits per heavy atom. The Hall–Kier alpha value is -3.70. The predicted octanol–water partition coefficient (Wildman–Crippen LogP) is 6.88. The highest BCUT2D eigenvalue weighted by Gasteiger charge is 2.18. The molecule has 0 unspecified atom stereocenters. The van der Waals surface area contributed by atoms with Gasteiger partial charge in [0.05, 0.1) is 21.3 Å². The van der Waals surface area contributed by atoms with Gasteiger partial charge in [-0.25, -0.2) is 16.8 Å². The Morgan fingerprint density at radius 2 is 0.909 bits per heavy atom. The highest BCUT2D eigenvalue weighted by Crippen LogP contribution is 2.28. The lowest BCUT2D eigenvalue weighted by Gasteiger charge is -2.13. The molecule has 0 atom stereocenters. The Balaban J connectivity index is 1.34. The summed E-state index contributed by atoms with van der Waals surface area (Å²) in [6.45, 7) is 3.67. The van der Waals surface area contributed by atoms with Crippen molar-refractivity contribution in [3.63, 3.8) is 0 Å². The predicted molar refractivity (Wildman–Crippen MR) is 175 cm³/mol. The van der Waals surface area contributed by atoms with Crippen molar-refractivity contribution in [1.29, 1.82) is 0 Å². The number of carbonyl (C=O) groups is 2.